The summed E-state index contributed by atoms with van der Waals surface area (Å²) in [4.78, 5) is 34.2. The van der Waals surface area contributed by atoms with Crippen molar-refractivity contribution >= 4 is 23.5 Å². The first-order valence-corrected chi connectivity index (χ1v) is 10.3. The van der Waals surface area contributed by atoms with Crippen LogP contribution >= 0.6 is 0 Å². The predicted molar refractivity (Wildman–Crippen MR) is 115 cm³/mol. The van der Waals surface area contributed by atoms with Gasteiger partial charge in [-0.05, 0) is 19.1 Å². The minimum atomic E-state index is -1.39. The number of nitro groups is 1. The number of hydrogen-bond acceptors (Lipinski definition) is 9. The third-order valence-corrected chi connectivity index (χ3v) is 5.72. The predicted octanol–water partition coefficient (Wildman–Crippen LogP) is 0.412. The van der Waals surface area contributed by atoms with Crippen molar-refractivity contribution in [3.63, 3.8) is 0 Å². The number of aliphatic hydroxyl groups excluding tert-OH is 2. The topological polar surface area (TPSA) is 147 Å². The van der Waals surface area contributed by atoms with Gasteiger partial charge in [-0.3, -0.25) is 14.7 Å². The van der Waals surface area contributed by atoms with E-state index in [0.29, 0.717) is 26.2 Å². The summed E-state index contributed by atoms with van der Waals surface area (Å²) in [5.74, 6) is -1.27. The third kappa shape index (κ3) is 4.69. The van der Waals surface area contributed by atoms with E-state index in [2.05, 4.69) is 14.9 Å². The van der Waals surface area contributed by atoms with Gasteiger partial charge in [0.1, 0.15) is 12.2 Å². The van der Waals surface area contributed by atoms with E-state index in [1.54, 1.807) is 12.1 Å². The molecule has 1 aromatic heterocycles. The van der Waals surface area contributed by atoms with Gasteiger partial charge in [-0.1, -0.05) is 0 Å². The van der Waals surface area contributed by atoms with Gasteiger partial charge in [0.25, 0.3) is 5.69 Å². The molecule has 12 nitrogen and oxygen atoms in total. The van der Waals surface area contributed by atoms with Gasteiger partial charge in [0.15, 0.2) is 17.9 Å². The minimum Gasteiger partial charge on any atom is -0.388 e. The van der Waals surface area contributed by atoms with Crippen molar-refractivity contribution in [2.45, 2.75) is 31.5 Å². The molecule has 0 bridgehead atoms. The Morgan fingerprint density at radius 1 is 1.21 bits per heavy atom. The zero-order valence-electron chi connectivity index (χ0n) is 17.7. The van der Waals surface area contributed by atoms with Crippen LogP contribution in [0.1, 0.15) is 13.2 Å². The molecular weight excluding hydrogens is 439 g/mol. The summed E-state index contributed by atoms with van der Waals surface area (Å²) in [7, 11) is 0. The van der Waals surface area contributed by atoms with Crippen molar-refractivity contribution in [3.05, 3.63) is 56.9 Å². The highest BCUT2D eigenvalue weighted by atomic mass is 19.1. The monoisotopic (exact) mass is 462 g/mol. The number of aliphatic imine (C=N–C) groups is 1. The molecule has 4 rings (SSSR count). The Kier molecular flexibility index (Phi) is 6.35. The number of hydrogen-bond donors (Lipinski definition) is 2. The van der Waals surface area contributed by atoms with Gasteiger partial charge >= 0.3 is 5.69 Å². The number of rotatable bonds is 5. The van der Waals surface area contributed by atoms with Crippen LogP contribution in [-0.4, -0.2) is 80.4 Å². The maximum atomic E-state index is 14.5. The van der Waals surface area contributed by atoms with Crippen molar-refractivity contribution in [1.82, 2.24) is 14.5 Å². The zero-order chi connectivity index (χ0) is 23.7. The van der Waals surface area contributed by atoms with Gasteiger partial charge in [-0.25, -0.2) is 14.2 Å². The van der Waals surface area contributed by atoms with E-state index in [1.165, 1.54) is 25.4 Å². The molecule has 3 heterocycles. The number of anilines is 1. The van der Waals surface area contributed by atoms with Crippen molar-refractivity contribution in [2.75, 3.05) is 31.1 Å². The van der Waals surface area contributed by atoms with Crippen LogP contribution in [0.25, 0.3) is 0 Å². The largest absolute Gasteiger partial charge is 0.388 e. The lowest BCUT2D eigenvalue weighted by atomic mass is 10.1. The molecule has 176 valence electrons. The SMILES string of the molecule is C[C@H]1O[C@@H](n2cc(F)c(N=CN3CCN(c4ccc([N+](=O)[O-])cc4)CC3)nc2=O)[C@H](O)[C@@H]1O. The number of aliphatic hydroxyl groups is 2. The standard InChI is InChI=1S/C20H23FN6O6/c1-12-16(28)17(29)19(33-12)26-10-15(21)18(23-20(26)30)22-11-24-6-8-25(9-7-24)13-2-4-14(5-3-13)27(31)32/h2-5,10-12,16-17,19,28-29H,6-9H2,1H3/t12-,16-,17-,19-/m1/s1. The van der Waals surface area contributed by atoms with E-state index in [0.717, 1.165) is 16.5 Å². The van der Waals surface area contributed by atoms with E-state index in [9.17, 15) is 29.5 Å². The minimum absolute atomic E-state index is 0.0284. The van der Waals surface area contributed by atoms with Crippen molar-refractivity contribution < 1.29 is 24.3 Å². The molecule has 2 aromatic rings. The molecule has 2 saturated heterocycles. The fraction of sp³-hybridized carbons (Fsp3) is 0.450. The molecule has 0 spiro atoms. The summed E-state index contributed by atoms with van der Waals surface area (Å²) in [5.41, 5.74) is 0.0295. The van der Waals surface area contributed by atoms with Crippen LogP contribution in [0, 0.1) is 15.9 Å². The van der Waals surface area contributed by atoms with Gasteiger partial charge in [0.2, 0.25) is 0 Å². The van der Waals surface area contributed by atoms with E-state index < -0.39 is 46.8 Å². The lowest BCUT2D eigenvalue weighted by Crippen LogP contribution is -2.45. The van der Waals surface area contributed by atoms with Gasteiger partial charge in [-0.15, -0.1) is 0 Å². The number of aromatic nitrogens is 2. The highest BCUT2D eigenvalue weighted by molar-refractivity contribution is 5.61. The summed E-state index contributed by atoms with van der Waals surface area (Å²) in [6, 6.07) is 6.30. The van der Waals surface area contributed by atoms with E-state index in [4.69, 9.17) is 4.74 Å². The van der Waals surface area contributed by atoms with E-state index in [-0.39, 0.29) is 5.69 Å². The number of non-ortho nitro benzene ring substituents is 1. The molecule has 0 amide bonds. The molecule has 0 aliphatic carbocycles. The molecule has 2 N–H and O–H groups in total. The molecule has 0 unspecified atom stereocenters. The molecule has 1 aromatic carbocycles. The number of piperazine rings is 1. The van der Waals surface area contributed by atoms with Crippen LogP contribution in [0.5, 0.6) is 0 Å². The Hall–Kier alpha value is -3.42. The number of ether oxygens (including phenoxy) is 1. The number of nitro benzene ring substituents is 1. The molecular formula is C20H23FN6O6. The summed E-state index contributed by atoms with van der Waals surface area (Å²) >= 11 is 0. The molecule has 33 heavy (non-hydrogen) atoms. The Balaban J connectivity index is 1.39. The summed E-state index contributed by atoms with van der Waals surface area (Å²) < 4.78 is 20.7. The number of benzene rings is 1. The molecule has 4 atom stereocenters. The normalized spacial score (nSPS) is 25.7. The first-order valence-electron chi connectivity index (χ1n) is 10.3. The van der Waals surface area contributed by atoms with Gasteiger partial charge < -0.3 is 24.7 Å². The van der Waals surface area contributed by atoms with Crippen LogP contribution < -0.4 is 10.6 Å². The van der Waals surface area contributed by atoms with Crippen LogP contribution in [0.3, 0.4) is 0 Å². The Labute approximate surface area is 187 Å². The van der Waals surface area contributed by atoms with Crippen LogP contribution in [-0.2, 0) is 4.74 Å². The van der Waals surface area contributed by atoms with Crippen LogP contribution in [0.2, 0.25) is 0 Å². The smallest absolute Gasteiger partial charge is 0.352 e. The van der Waals surface area contributed by atoms with Crippen LogP contribution in [0.15, 0.2) is 40.2 Å². The molecule has 0 radical (unpaired) electrons. The summed E-state index contributed by atoms with van der Waals surface area (Å²) in [6.45, 7) is 3.91. The average molecular weight is 462 g/mol. The summed E-state index contributed by atoms with van der Waals surface area (Å²) in [5, 5.41) is 30.6. The van der Waals surface area contributed by atoms with Crippen LogP contribution in [0.4, 0.5) is 21.6 Å². The van der Waals surface area contributed by atoms with Gasteiger partial charge in [-0.2, -0.15) is 4.98 Å². The highest BCUT2D eigenvalue weighted by Crippen LogP contribution is 2.28. The molecule has 0 saturated carbocycles. The maximum absolute atomic E-state index is 14.5. The number of nitrogens with zero attached hydrogens (tertiary/aromatic N) is 6. The second-order valence-electron chi connectivity index (χ2n) is 7.86. The lowest BCUT2D eigenvalue weighted by Gasteiger charge is -2.35. The second kappa shape index (κ2) is 9.21. The number of halogens is 1. The molecule has 13 heteroatoms. The Morgan fingerprint density at radius 2 is 1.88 bits per heavy atom. The maximum Gasteiger partial charge on any atom is 0.352 e. The Bertz CT molecular complexity index is 1100. The lowest BCUT2D eigenvalue weighted by molar-refractivity contribution is -0.384. The first kappa shape index (κ1) is 22.8. The zero-order valence-corrected chi connectivity index (χ0v) is 17.7. The van der Waals surface area contributed by atoms with Crippen molar-refractivity contribution in [2.24, 2.45) is 4.99 Å². The molecule has 2 fully saturated rings. The van der Waals surface area contributed by atoms with Gasteiger partial charge in [0.05, 0.1) is 23.6 Å². The van der Waals surface area contributed by atoms with E-state index >= 15 is 0 Å². The van der Waals surface area contributed by atoms with Crippen molar-refractivity contribution in [1.29, 1.82) is 0 Å². The quantitative estimate of drug-likeness (QED) is 0.279. The fourth-order valence-corrected chi connectivity index (χ4v) is 3.78. The highest BCUT2D eigenvalue weighted by Gasteiger charge is 2.42. The van der Waals surface area contributed by atoms with Crippen molar-refractivity contribution in [3.8, 4) is 0 Å². The summed E-state index contributed by atoms with van der Waals surface area (Å²) in [6.07, 6.45) is -2.28. The fourth-order valence-electron chi connectivity index (χ4n) is 3.78. The second-order valence-corrected chi connectivity index (χ2v) is 7.86. The first-order chi connectivity index (χ1) is 15.7. The average Bonchev–Trinajstić information content (AvgIpc) is 3.07. The van der Waals surface area contributed by atoms with E-state index in [1.807, 2.05) is 4.90 Å². The molecule has 2 aliphatic rings. The molecule has 2 aliphatic heterocycles. The van der Waals surface area contributed by atoms with Gasteiger partial charge in [0, 0.05) is 44.0 Å². The Morgan fingerprint density at radius 3 is 2.45 bits per heavy atom. The third-order valence-electron chi connectivity index (χ3n) is 5.72.